The van der Waals surface area contributed by atoms with Crippen molar-refractivity contribution in [1.82, 2.24) is 10.2 Å². The summed E-state index contributed by atoms with van der Waals surface area (Å²) in [6.07, 6.45) is 0.150. The van der Waals surface area contributed by atoms with E-state index in [0.717, 1.165) is 5.56 Å². The molecular weight excluding hydrogens is 331 g/mol. The molecule has 0 fully saturated rings. The Morgan fingerprint density at radius 3 is 2.35 bits per heavy atom. The number of halogens is 1. The number of nitrogens with one attached hydrogen (secondary N) is 1. The van der Waals surface area contributed by atoms with E-state index in [-0.39, 0.29) is 18.1 Å². The number of anilines is 2. The first-order valence-corrected chi connectivity index (χ1v) is 8.23. The number of carbonyl (C=O) groups is 1. The Morgan fingerprint density at radius 2 is 1.69 bits per heavy atom. The summed E-state index contributed by atoms with van der Waals surface area (Å²) in [5.74, 6) is 0.547. The Balaban J connectivity index is 1.56. The molecular formula is C20H19FN4O. The van der Waals surface area contributed by atoms with Gasteiger partial charge in [-0.15, -0.1) is 10.2 Å². The first-order chi connectivity index (χ1) is 12.6. The largest absolute Gasteiger partial charge is 0.354 e. The highest BCUT2D eigenvalue weighted by Gasteiger charge is 2.08. The minimum atomic E-state index is -0.324. The van der Waals surface area contributed by atoms with E-state index in [1.54, 1.807) is 18.2 Å². The van der Waals surface area contributed by atoms with Crippen molar-refractivity contribution in [2.75, 3.05) is 17.3 Å². The van der Waals surface area contributed by atoms with Crippen LogP contribution >= 0.6 is 0 Å². The van der Waals surface area contributed by atoms with E-state index < -0.39 is 0 Å². The van der Waals surface area contributed by atoms with Crippen LogP contribution in [0, 0.1) is 5.82 Å². The highest BCUT2D eigenvalue weighted by atomic mass is 19.1. The lowest BCUT2D eigenvalue weighted by Gasteiger charge is -2.17. The molecule has 0 aliphatic carbocycles. The molecule has 0 saturated heterocycles. The molecule has 1 heterocycles. The third-order valence-electron chi connectivity index (χ3n) is 3.85. The smallest absolute Gasteiger partial charge is 0.229 e. The summed E-state index contributed by atoms with van der Waals surface area (Å²) >= 11 is 0. The van der Waals surface area contributed by atoms with E-state index in [0.29, 0.717) is 18.2 Å². The van der Waals surface area contributed by atoms with Crippen molar-refractivity contribution in [2.45, 2.75) is 13.0 Å². The van der Waals surface area contributed by atoms with Gasteiger partial charge in [0.15, 0.2) is 11.6 Å². The number of rotatable bonds is 6. The molecule has 3 aromatic rings. The summed E-state index contributed by atoms with van der Waals surface area (Å²) < 4.78 is 12.9. The van der Waals surface area contributed by atoms with Crippen molar-refractivity contribution in [3.8, 4) is 0 Å². The Morgan fingerprint density at radius 1 is 0.962 bits per heavy atom. The minimum absolute atomic E-state index is 0.150. The zero-order chi connectivity index (χ0) is 18.4. The number of carbonyl (C=O) groups excluding carboxylic acids is 1. The van der Waals surface area contributed by atoms with Crippen LogP contribution in [0.2, 0.25) is 0 Å². The van der Waals surface area contributed by atoms with E-state index in [9.17, 15) is 9.18 Å². The molecule has 0 atom stereocenters. The predicted octanol–water partition coefficient (Wildman–Crippen LogP) is 3.43. The molecule has 1 amide bonds. The lowest BCUT2D eigenvalue weighted by molar-refractivity contribution is -0.115. The fraction of sp³-hybridized carbons (Fsp3) is 0.150. The zero-order valence-electron chi connectivity index (χ0n) is 14.4. The molecule has 1 aromatic heterocycles. The predicted molar refractivity (Wildman–Crippen MR) is 99.3 cm³/mol. The normalized spacial score (nSPS) is 10.4. The van der Waals surface area contributed by atoms with Gasteiger partial charge in [0.05, 0.1) is 6.42 Å². The van der Waals surface area contributed by atoms with Crippen LogP contribution in [-0.4, -0.2) is 23.2 Å². The standard InChI is InChI=1S/C20H19FN4O/c1-25(14-16-5-3-2-4-6-16)19-12-11-18(23-24-19)22-20(26)13-15-7-9-17(21)10-8-15/h2-12H,13-14H2,1H3,(H,22,23,26). The number of amides is 1. The van der Waals surface area contributed by atoms with Gasteiger partial charge in [-0.1, -0.05) is 42.5 Å². The second-order valence-corrected chi connectivity index (χ2v) is 5.97. The van der Waals surface area contributed by atoms with Gasteiger partial charge in [-0.2, -0.15) is 0 Å². The van der Waals surface area contributed by atoms with Crippen molar-refractivity contribution in [2.24, 2.45) is 0 Å². The summed E-state index contributed by atoms with van der Waals surface area (Å²) in [4.78, 5) is 14.0. The molecule has 0 aliphatic heterocycles. The van der Waals surface area contributed by atoms with Crippen LogP contribution in [0.3, 0.4) is 0 Å². The Labute approximate surface area is 151 Å². The number of aromatic nitrogens is 2. The molecule has 2 aromatic carbocycles. The average Bonchev–Trinajstić information content (AvgIpc) is 2.65. The van der Waals surface area contributed by atoms with E-state index in [1.165, 1.54) is 17.7 Å². The van der Waals surface area contributed by atoms with Crippen LogP contribution in [0.25, 0.3) is 0 Å². The van der Waals surface area contributed by atoms with Gasteiger partial charge in [0.25, 0.3) is 0 Å². The van der Waals surface area contributed by atoms with Crippen molar-refractivity contribution >= 4 is 17.5 Å². The molecule has 3 rings (SSSR count). The fourth-order valence-electron chi connectivity index (χ4n) is 2.51. The zero-order valence-corrected chi connectivity index (χ0v) is 14.4. The van der Waals surface area contributed by atoms with Crippen LogP contribution in [-0.2, 0) is 17.8 Å². The molecule has 6 heteroatoms. The average molecular weight is 350 g/mol. The van der Waals surface area contributed by atoms with E-state index in [1.807, 2.05) is 48.3 Å². The number of benzene rings is 2. The number of nitrogens with zero attached hydrogens (tertiary/aromatic N) is 3. The van der Waals surface area contributed by atoms with Gasteiger partial charge in [-0.3, -0.25) is 4.79 Å². The van der Waals surface area contributed by atoms with Gasteiger partial charge in [-0.25, -0.2) is 4.39 Å². The molecule has 0 unspecified atom stereocenters. The number of hydrogen-bond acceptors (Lipinski definition) is 4. The molecule has 0 radical (unpaired) electrons. The van der Waals surface area contributed by atoms with Gasteiger partial charge in [0.2, 0.25) is 5.91 Å². The van der Waals surface area contributed by atoms with Crippen molar-refractivity contribution in [3.63, 3.8) is 0 Å². The van der Waals surface area contributed by atoms with Crippen LogP contribution in [0.1, 0.15) is 11.1 Å². The summed E-state index contributed by atoms with van der Waals surface area (Å²) in [6.45, 7) is 0.714. The summed E-state index contributed by atoms with van der Waals surface area (Å²) in [5.41, 5.74) is 1.91. The molecule has 132 valence electrons. The van der Waals surface area contributed by atoms with Gasteiger partial charge < -0.3 is 10.2 Å². The van der Waals surface area contributed by atoms with Gasteiger partial charge in [0, 0.05) is 13.6 Å². The lowest BCUT2D eigenvalue weighted by Crippen LogP contribution is -2.19. The maximum Gasteiger partial charge on any atom is 0.229 e. The third kappa shape index (κ3) is 4.86. The first kappa shape index (κ1) is 17.5. The van der Waals surface area contributed by atoms with Crippen LogP contribution in [0.5, 0.6) is 0 Å². The molecule has 0 aliphatic rings. The second kappa shape index (κ2) is 8.20. The van der Waals surface area contributed by atoms with Crippen LogP contribution in [0.15, 0.2) is 66.7 Å². The summed E-state index contributed by atoms with van der Waals surface area (Å²) in [5, 5.41) is 10.9. The minimum Gasteiger partial charge on any atom is -0.354 e. The topological polar surface area (TPSA) is 58.1 Å². The van der Waals surface area contributed by atoms with Gasteiger partial charge >= 0.3 is 0 Å². The molecule has 1 N–H and O–H groups in total. The molecule has 26 heavy (non-hydrogen) atoms. The van der Waals surface area contributed by atoms with Crippen molar-refractivity contribution in [1.29, 1.82) is 0 Å². The third-order valence-corrected chi connectivity index (χ3v) is 3.85. The number of hydrogen-bond donors (Lipinski definition) is 1. The van der Waals surface area contributed by atoms with Gasteiger partial charge in [0.1, 0.15) is 5.82 Å². The molecule has 0 bridgehead atoms. The highest BCUT2D eigenvalue weighted by molar-refractivity contribution is 5.91. The van der Waals surface area contributed by atoms with E-state index >= 15 is 0 Å². The second-order valence-electron chi connectivity index (χ2n) is 5.97. The Kier molecular flexibility index (Phi) is 5.53. The first-order valence-electron chi connectivity index (χ1n) is 8.23. The monoisotopic (exact) mass is 350 g/mol. The Bertz CT molecular complexity index is 851. The fourth-order valence-corrected chi connectivity index (χ4v) is 2.51. The highest BCUT2D eigenvalue weighted by Crippen LogP contribution is 2.14. The van der Waals surface area contributed by atoms with Crippen LogP contribution in [0.4, 0.5) is 16.0 Å². The van der Waals surface area contributed by atoms with E-state index in [2.05, 4.69) is 15.5 Å². The molecule has 0 spiro atoms. The van der Waals surface area contributed by atoms with Crippen molar-refractivity contribution < 1.29 is 9.18 Å². The SMILES string of the molecule is CN(Cc1ccccc1)c1ccc(NC(=O)Cc2ccc(F)cc2)nn1. The molecule has 5 nitrogen and oxygen atoms in total. The maximum atomic E-state index is 12.9. The molecule has 0 saturated carbocycles. The quantitative estimate of drug-likeness (QED) is 0.740. The maximum absolute atomic E-state index is 12.9. The summed E-state index contributed by atoms with van der Waals surface area (Å²) in [6, 6.07) is 19.4. The lowest BCUT2D eigenvalue weighted by atomic mass is 10.1. The van der Waals surface area contributed by atoms with E-state index in [4.69, 9.17) is 0 Å². The van der Waals surface area contributed by atoms with Crippen LogP contribution < -0.4 is 10.2 Å². The Hall–Kier alpha value is -3.28. The van der Waals surface area contributed by atoms with Crippen molar-refractivity contribution in [3.05, 3.63) is 83.7 Å². The summed E-state index contributed by atoms with van der Waals surface area (Å²) in [7, 11) is 1.93. The van der Waals surface area contributed by atoms with Gasteiger partial charge in [-0.05, 0) is 35.4 Å².